The molecule has 2 amide bonds. The molecule has 2 aromatic carbocycles. The molecule has 3 rings (SSSR count). The van der Waals surface area contributed by atoms with Crippen molar-refractivity contribution in [2.45, 2.75) is 6.42 Å². The summed E-state index contributed by atoms with van der Waals surface area (Å²) < 4.78 is 6.67. The largest absolute Gasteiger partial charge is 0.505 e. The first-order chi connectivity index (χ1) is 15.7. The molecule has 0 radical (unpaired) electrons. The highest BCUT2D eigenvalue weighted by molar-refractivity contribution is 6.30. The van der Waals surface area contributed by atoms with E-state index in [2.05, 4.69) is 5.32 Å². The Morgan fingerprint density at radius 3 is 2.61 bits per heavy atom. The number of anilines is 2. The second kappa shape index (κ2) is 10.1. The van der Waals surface area contributed by atoms with Crippen LogP contribution in [0.4, 0.5) is 16.2 Å². The van der Waals surface area contributed by atoms with Crippen molar-refractivity contribution in [1.29, 1.82) is 0 Å². The van der Waals surface area contributed by atoms with Crippen LogP contribution in [0.2, 0.25) is 5.02 Å². The van der Waals surface area contributed by atoms with Crippen LogP contribution < -0.4 is 20.5 Å². The van der Waals surface area contributed by atoms with Crippen LogP contribution in [0.25, 0.3) is 11.1 Å². The number of rotatable bonds is 7. The van der Waals surface area contributed by atoms with E-state index in [-0.39, 0.29) is 24.3 Å². The number of carbonyl (C=O) groups is 2. The summed E-state index contributed by atoms with van der Waals surface area (Å²) in [6.45, 7) is -0.171. The SMILES string of the molecule is COc1ccc(N(C(=O)NCCC(=O)O)c2c(O)ccn(C)c2=O)cc1-c1cccc(Cl)c1. The van der Waals surface area contributed by atoms with Gasteiger partial charge in [-0.05, 0) is 42.0 Å². The Labute approximate surface area is 194 Å². The van der Waals surface area contributed by atoms with E-state index in [1.165, 1.54) is 31.0 Å². The van der Waals surface area contributed by atoms with Crippen LogP contribution in [-0.4, -0.2) is 40.4 Å². The number of methoxy groups -OCH3 is 1. The van der Waals surface area contributed by atoms with Gasteiger partial charge >= 0.3 is 12.0 Å². The summed E-state index contributed by atoms with van der Waals surface area (Å²) in [4.78, 5) is 37.8. The molecule has 1 aromatic heterocycles. The number of amides is 2. The van der Waals surface area contributed by atoms with E-state index < -0.39 is 23.3 Å². The fourth-order valence-corrected chi connectivity index (χ4v) is 3.43. The minimum absolute atomic E-state index is 0.171. The Morgan fingerprint density at radius 1 is 1.18 bits per heavy atom. The summed E-state index contributed by atoms with van der Waals surface area (Å²) in [5.74, 6) is -1.00. The minimum atomic E-state index is -1.09. The lowest BCUT2D eigenvalue weighted by Crippen LogP contribution is -2.41. The zero-order valence-electron chi connectivity index (χ0n) is 17.9. The highest BCUT2D eigenvalue weighted by Crippen LogP contribution is 2.38. The third-order valence-corrected chi connectivity index (χ3v) is 5.08. The number of halogens is 1. The molecule has 9 nitrogen and oxygen atoms in total. The van der Waals surface area contributed by atoms with Crippen LogP contribution in [0.5, 0.6) is 11.5 Å². The summed E-state index contributed by atoms with van der Waals surface area (Å²) in [5, 5.41) is 22.3. The number of carboxylic acids is 1. The molecule has 3 N–H and O–H groups in total. The van der Waals surface area contributed by atoms with Gasteiger partial charge in [0.15, 0.2) is 5.69 Å². The van der Waals surface area contributed by atoms with E-state index in [4.69, 9.17) is 21.4 Å². The molecular formula is C23H22ClN3O6. The van der Waals surface area contributed by atoms with Crippen LogP contribution in [-0.2, 0) is 11.8 Å². The average Bonchev–Trinajstić information content (AvgIpc) is 2.78. The Hall–Kier alpha value is -3.98. The monoisotopic (exact) mass is 471 g/mol. The van der Waals surface area contributed by atoms with E-state index in [1.54, 1.807) is 36.4 Å². The number of nitrogens with one attached hydrogen (secondary N) is 1. The summed E-state index contributed by atoms with van der Waals surface area (Å²) in [6.07, 6.45) is 1.06. The molecule has 10 heteroatoms. The standard InChI is InChI=1S/C23H22ClN3O6/c1-26-11-9-18(28)21(22(26)31)27(23(32)25-10-8-20(29)30)16-6-7-19(33-2)17(13-16)14-4-3-5-15(24)12-14/h3-7,9,11-13,28H,8,10H2,1-2H3,(H,25,32)(H,29,30). The number of hydrogen-bond acceptors (Lipinski definition) is 5. The summed E-state index contributed by atoms with van der Waals surface area (Å²) in [5.41, 5.74) is 0.640. The number of carbonyl (C=O) groups excluding carboxylic acids is 1. The fourth-order valence-electron chi connectivity index (χ4n) is 3.24. The van der Waals surface area contributed by atoms with Crippen molar-refractivity contribution in [1.82, 2.24) is 9.88 Å². The van der Waals surface area contributed by atoms with E-state index in [9.17, 15) is 19.5 Å². The first-order valence-corrected chi connectivity index (χ1v) is 10.2. The predicted molar refractivity (Wildman–Crippen MR) is 125 cm³/mol. The molecule has 3 aromatic rings. The van der Waals surface area contributed by atoms with E-state index in [0.29, 0.717) is 21.9 Å². The van der Waals surface area contributed by atoms with Crippen LogP contribution in [0.15, 0.2) is 59.5 Å². The Kier molecular flexibility index (Phi) is 7.24. The van der Waals surface area contributed by atoms with Gasteiger partial charge in [-0.15, -0.1) is 0 Å². The molecule has 0 saturated heterocycles. The highest BCUT2D eigenvalue weighted by atomic mass is 35.5. The first-order valence-electron chi connectivity index (χ1n) is 9.85. The van der Waals surface area contributed by atoms with Crippen LogP contribution >= 0.6 is 11.6 Å². The molecule has 0 unspecified atom stereocenters. The van der Waals surface area contributed by atoms with E-state index in [0.717, 1.165) is 4.90 Å². The highest BCUT2D eigenvalue weighted by Gasteiger charge is 2.26. The summed E-state index contributed by atoms with van der Waals surface area (Å²) in [7, 11) is 2.98. The molecule has 0 atom stereocenters. The number of aromatic hydroxyl groups is 1. The summed E-state index contributed by atoms with van der Waals surface area (Å²) in [6, 6.07) is 12.3. The number of hydrogen-bond donors (Lipinski definition) is 3. The molecule has 0 saturated carbocycles. The van der Waals surface area contributed by atoms with E-state index >= 15 is 0 Å². The molecule has 33 heavy (non-hydrogen) atoms. The topological polar surface area (TPSA) is 121 Å². The Bertz CT molecular complexity index is 1260. The molecule has 172 valence electrons. The van der Waals surface area contributed by atoms with Gasteiger partial charge in [-0.25, -0.2) is 4.79 Å². The zero-order chi connectivity index (χ0) is 24.1. The van der Waals surface area contributed by atoms with Crippen LogP contribution in [0.1, 0.15) is 6.42 Å². The number of aryl methyl sites for hydroxylation is 1. The normalized spacial score (nSPS) is 10.5. The van der Waals surface area contributed by atoms with Crippen molar-refractivity contribution in [3.8, 4) is 22.6 Å². The van der Waals surface area contributed by atoms with Gasteiger partial charge in [0.05, 0.1) is 19.2 Å². The fraction of sp³-hybridized carbons (Fsp3) is 0.174. The van der Waals surface area contributed by atoms with Gasteiger partial charge in [0, 0.05) is 30.4 Å². The second-order valence-corrected chi connectivity index (χ2v) is 7.51. The van der Waals surface area contributed by atoms with Gasteiger partial charge < -0.3 is 24.8 Å². The maximum Gasteiger partial charge on any atom is 0.326 e. The smallest absolute Gasteiger partial charge is 0.326 e. The lowest BCUT2D eigenvalue weighted by molar-refractivity contribution is -0.136. The van der Waals surface area contributed by atoms with Crippen molar-refractivity contribution in [3.05, 3.63) is 70.1 Å². The lowest BCUT2D eigenvalue weighted by atomic mass is 10.0. The number of benzene rings is 2. The maximum absolute atomic E-state index is 13.1. The van der Waals surface area contributed by atoms with Gasteiger partial charge in [0.2, 0.25) is 0 Å². The molecule has 0 bridgehead atoms. The van der Waals surface area contributed by atoms with Crippen molar-refractivity contribution >= 4 is 35.0 Å². The molecular weight excluding hydrogens is 450 g/mol. The average molecular weight is 472 g/mol. The van der Waals surface area contributed by atoms with Crippen molar-refractivity contribution in [2.24, 2.45) is 7.05 Å². The number of ether oxygens (including phenoxy) is 1. The van der Waals surface area contributed by atoms with Crippen molar-refractivity contribution < 1.29 is 24.5 Å². The van der Waals surface area contributed by atoms with Gasteiger partial charge in [-0.3, -0.25) is 14.5 Å². The van der Waals surface area contributed by atoms with Crippen LogP contribution in [0.3, 0.4) is 0 Å². The molecule has 0 aliphatic rings. The van der Waals surface area contributed by atoms with Gasteiger partial charge in [-0.2, -0.15) is 0 Å². The second-order valence-electron chi connectivity index (χ2n) is 7.07. The van der Waals surface area contributed by atoms with Crippen LogP contribution in [0, 0.1) is 0 Å². The molecule has 0 spiro atoms. The third-order valence-electron chi connectivity index (χ3n) is 4.84. The third kappa shape index (κ3) is 5.27. The number of nitrogens with zero attached hydrogens (tertiary/aromatic N) is 2. The maximum atomic E-state index is 13.1. The molecule has 1 heterocycles. The molecule has 0 aliphatic heterocycles. The quantitative estimate of drug-likeness (QED) is 0.482. The zero-order valence-corrected chi connectivity index (χ0v) is 18.7. The number of carboxylic acid groups (broad SMARTS) is 1. The predicted octanol–water partition coefficient (Wildman–Crippen LogP) is 3.74. The van der Waals surface area contributed by atoms with Crippen molar-refractivity contribution in [3.63, 3.8) is 0 Å². The van der Waals surface area contributed by atoms with E-state index in [1.807, 2.05) is 6.07 Å². The molecule has 0 aliphatic carbocycles. The first kappa shape index (κ1) is 23.7. The van der Waals surface area contributed by atoms with Gasteiger partial charge in [0.1, 0.15) is 11.5 Å². The number of pyridine rings is 1. The summed E-state index contributed by atoms with van der Waals surface area (Å²) >= 11 is 6.14. The Morgan fingerprint density at radius 2 is 1.94 bits per heavy atom. The lowest BCUT2D eigenvalue weighted by Gasteiger charge is -2.25. The van der Waals surface area contributed by atoms with Gasteiger partial charge in [0.25, 0.3) is 5.56 Å². The van der Waals surface area contributed by atoms with Crippen molar-refractivity contribution in [2.75, 3.05) is 18.6 Å². The minimum Gasteiger partial charge on any atom is -0.505 e. The number of aliphatic carboxylic acids is 1. The number of urea groups is 1. The van der Waals surface area contributed by atoms with Gasteiger partial charge in [-0.1, -0.05) is 23.7 Å². The number of aromatic nitrogens is 1. The molecule has 0 fully saturated rings. The Balaban J connectivity index is 2.18.